The number of rotatable bonds is 6. The van der Waals surface area contributed by atoms with Crippen LogP contribution in [0.4, 0.5) is 0 Å². The van der Waals surface area contributed by atoms with Crippen molar-refractivity contribution in [1.29, 1.82) is 0 Å². The van der Waals surface area contributed by atoms with Gasteiger partial charge in [0.25, 0.3) is 0 Å². The van der Waals surface area contributed by atoms with E-state index in [4.69, 9.17) is 9.47 Å². The Morgan fingerprint density at radius 2 is 1.48 bits per heavy atom. The van der Waals surface area contributed by atoms with Crippen LogP contribution < -0.4 is 14.2 Å². The molecule has 5 nitrogen and oxygen atoms in total. The van der Waals surface area contributed by atoms with Gasteiger partial charge in [0.05, 0.1) is 19.1 Å². The van der Waals surface area contributed by atoms with E-state index in [9.17, 15) is 8.42 Å². The van der Waals surface area contributed by atoms with Crippen molar-refractivity contribution in [2.45, 2.75) is 38.6 Å². The minimum absolute atomic E-state index is 0.137. The average Bonchev–Trinajstić information content (AvgIpc) is 2.56. The lowest BCUT2D eigenvalue weighted by molar-refractivity contribution is 0.354. The number of ether oxygens (including phenoxy) is 2. The maximum atomic E-state index is 12.7. The van der Waals surface area contributed by atoms with Gasteiger partial charge in [-0.3, -0.25) is 0 Å². The van der Waals surface area contributed by atoms with Crippen LogP contribution in [0.25, 0.3) is 0 Å². The van der Waals surface area contributed by atoms with Crippen molar-refractivity contribution in [1.82, 2.24) is 4.72 Å². The standard InChI is InChI=1S/C19H25NO4S/c1-12-9-14(3)17(10-13(12)2)15(4)20-25(21,22)16-7-8-18(23-5)19(11-16)24-6/h7-11,15,20H,1-6H3. The molecule has 0 saturated heterocycles. The molecule has 0 aromatic heterocycles. The Morgan fingerprint density at radius 3 is 2.08 bits per heavy atom. The second kappa shape index (κ2) is 7.45. The molecule has 0 saturated carbocycles. The predicted molar refractivity (Wildman–Crippen MR) is 98.9 cm³/mol. The van der Waals surface area contributed by atoms with Crippen LogP contribution in [-0.4, -0.2) is 22.6 Å². The highest BCUT2D eigenvalue weighted by molar-refractivity contribution is 7.89. The van der Waals surface area contributed by atoms with Gasteiger partial charge in [0.1, 0.15) is 0 Å². The Balaban J connectivity index is 2.34. The van der Waals surface area contributed by atoms with Crippen molar-refractivity contribution >= 4 is 10.0 Å². The third kappa shape index (κ3) is 4.14. The molecule has 6 heteroatoms. The second-order valence-electron chi connectivity index (χ2n) is 6.15. The minimum Gasteiger partial charge on any atom is -0.493 e. The molecule has 0 aliphatic heterocycles. The summed E-state index contributed by atoms with van der Waals surface area (Å²) in [4.78, 5) is 0.137. The van der Waals surface area contributed by atoms with E-state index in [-0.39, 0.29) is 10.9 Å². The zero-order valence-corrected chi connectivity index (χ0v) is 16.3. The van der Waals surface area contributed by atoms with Crippen LogP contribution in [0.5, 0.6) is 11.5 Å². The van der Waals surface area contributed by atoms with E-state index in [1.54, 1.807) is 6.07 Å². The lowest BCUT2D eigenvalue weighted by Crippen LogP contribution is -2.27. The highest BCUT2D eigenvalue weighted by Crippen LogP contribution is 2.30. The predicted octanol–water partition coefficient (Wildman–Crippen LogP) is 3.67. The summed E-state index contributed by atoms with van der Waals surface area (Å²) in [7, 11) is -0.707. The molecule has 1 N–H and O–H groups in total. The first-order valence-electron chi connectivity index (χ1n) is 8.01. The van der Waals surface area contributed by atoms with E-state index in [0.717, 1.165) is 16.7 Å². The molecule has 1 atom stereocenters. The minimum atomic E-state index is -3.69. The maximum absolute atomic E-state index is 12.7. The Morgan fingerprint density at radius 1 is 0.880 bits per heavy atom. The largest absolute Gasteiger partial charge is 0.493 e. The van der Waals surface area contributed by atoms with Crippen LogP contribution in [0.2, 0.25) is 0 Å². The number of hydrogen-bond donors (Lipinski definition) is 1. The van der Waals surface area contributed by atoms with Gasteiger partial charge in [-0.1, -0.05) is 12.1 Å². The van der Waals surface area contributed by atoms with E-state index in [0.29, 0.717) is 11.5 Å². The summed E-state index contributed by atoms with van der Waals surface area (Å²) in [6.07, 6.45) is 0. The van der Waals surface area contributed by atoms with Crippen molar-refractivity contribution in [2.24, 2.45) is 0 Å². The molecule has 0 amide bonds. The van der Waals surface area contributed by atoms with Crippen molar-refractivity contribution < 1.29 is 17.9 Å². The zero-order chi connectivity index (χ0) is 18.8. The molecule has 0 bridgehead atoms. The summed E-state index contributed by atoms with van der Waals surface area (Å²) in [5, 5.41) is 0. The van der Waals surface area contributed by atoms with Crippen molar-refractivity contribution in [3.63, 3.8) is 0 Å². The Hall–Kier alpha value is -2.05. The molecule has 136 valence electrons. The molecule has 0 heterocycles. The molecule has 0 aliphatic carbocycles. The van der Waals surface area contributed by atoms with E-state index in [1.165, 1.54) is 31.9 Å². The Kier molecular flexibility index (Phi) is 5.75. The lowest BCUT2D eigenvalue weighted by atomic mass is 9.97. The van der Waals surface area contributed by atoms with Gasteiger partial charge in [0, 0.05) is 12.1 Å². The summed E-state index contributed by atoms with van der Waals surface area (Å²) < 4.78 is 38.6. The first-order valence-corrected chi connectivity index (χ1v) is 9.50. The molecule has 0 spiro atoms. The van der Waals surface area contributed by atoms with Gasteiger partial charge in [-0.25, -0.2) is 13.1 Å². The van der Waals surface area contributed by atoms with E-state index in [2.05, 4.69) is 10.8 Å². The van der Waals surface area contributed by atoms with Crippen LogP contribution in [-0.2, 0) is 10.0 Å². The number of nitrogens with one attached hydrogen (secondary N) is 1. The lowest BCUT2D eigenvalue weighted by Gasteiger charge is -2.19. The monoisotopic (exact) mass is 363 g/mol. The Bertz CT molecular complexity index is 875. The van der Waals surface area contributed by atoms with Gasteiger partial charge in [0.15, 0.2) is 11.5 Å². The third-order valence-electron chi connectivity index (χ3n) is 4.35. The van der Waals surface area contributed by atoms with E-state index >= 15 is 0 Å². The molecule has 0 radical (unpaired) electrons. The summed E-state index contributed by atoms with van der Waals surface area (Å²) in [6, 6.07) is 8.31. The van der Waals surface area contributed by atoms with Crippen LogP contribution in [0, 0.1) is 20.8 Å². The summed E-state index contributed by atoms with van der Waals surface area (Å²) in [6.45, 7) is 7.90. The van der Waals surface area contributed by atoms with Crippen molar-refractivity contribution in [3.05, 3.63) is 52.6 Å². The summed E-state index contributed by atoms with van der Waals surface area (Å²) in [5.74, 6) is 0.861. The molecule has 2 aromatic rings. The molecule has 0 fully saturated rings. The number of benzene rings is 2. The quantitative estimate of drug-likeness (QED) is 0.850. The maximum Gasteiger partial charge on any atom is 0.241 e. The number of hydrogen-bond acceptors (Lipinski definition) is 4. The topological polar surface area (TPSA) is 64.6 Å². The number of aryl methyl sites for hydroxylation is 3. The molecule has 2 aromatic carbocycles. The molecular weight excluding hydrogens is 338 g/mol. The first-order chi connectivity index (χ1) is 11.7. The molecule has 25 heavy (non-hydrogen) atoms. The van der Waals surface area contributed by atoms with Gasteiger partial charge in [-0.2, -0.15) is 0 Å². The van der Waals surface area contributed by atoms with Gasteiger partial charge in [0.2, 0.25) is 10.0 Å². The fourth-order valence-corrected chi connectivity index (χ4v) is 4.04. The number of sulfonamides is 1. The van der Waals surface area contributed by atoms with Crippen molar-refractivity contribution in [2.75, 3.05) is 14.2 Å². The Labute approximate surface area is 150 Å². The highest BCUT2D eigenvalue weighted by Gasteiger charge is 2.21. The molecular formula is C19H25NO4S. The first kappa shape index (κ1) is 19.3. The zero-order valence-electron chi connectivity index (χ0n) is 15.5. The van der Waals surface area contributed by atoms with Crippen LogP contribution in [0.3, 0.4) is 0 Å². The van der Waals surface area contributed by atoms with Crippen molar-refractivity contribution in [3.8, 4) is 11.5 Å². The molecule has 0 aliphatic rings. The van der Waals surface area contributed by atoms with Gasteiger partial charge in [-0.15, -0.1) is 0 Å². The summed E-state index contributed by atoms with van der Waals surface area (Å²) in [5.41, 5.74) is 4.35. The average molecular weight is 363 g/mol. The SMILES string of the molecule is COc1ccc(S(=O)(=O)NC(C)c2cc(C)c(C)cc2C)cc1OC. The fourth-order valence-electron chi connectivity index (χ4n) is 2.80. The van der Waals surface area contributed by atoms with Crippen LogP contribution >= 0.6 is 0 Å². The highest BCUT2D eigenvalue weighted by atomic mass is 32.2. The van der Waals surface area contributed by atoms with E-state index in [1.807, 2.05) is 33.8 Å². The fraction of sp³-hybridized carbons (Fsp3) is 0.368. The van der Waals surface area contributed by atoms with Gasteiger partial charge < -0.3 is 9.47 Å². The normalized spacial score (nSPS) is 12.7. The number of methoxy groups -OCH3 is 2. The third-order valence-corrected chi connectivity index (χ3v) is 5.88. The smallest absolute Gasteiger partial charge is 0.241 e. The molecule has 1 unspecified atom stereocenters. The second-order valence-corrected chi connectivity index (χ2v) is 7.87. The van der Waals surface area contributed by atoms with Gasteiger partial charge in [-0.05, 0) is 62.1 Å². The van der Waals surface area contributed by atoms with Crippen LogP contribution in [0.1, 0.15) is 35.2 Å². The van der Waals surface area contributed by atoms with Gasteiger partial charge >= 0.3 is 0 Å². The van der Waals surface area contributed by atoms with Crippen LogP contribution in [0.15, 0.2) is 35.2 Å². The van der Waals surface area contributed by atoms with E-state index < -0.39 is 10.0 Å². The molecule has 2 rings (SSSR count). The summed E-state index contributed by atoms with van der Waals surface area (Å²) >= 11 is 0.